The van der Waals surface area contributed by atoms with Crippen LogP contribution in [0.3, 0.4) is 0 Å². The zero-order valence-electron chi connectivity index (χ0n) is 20.3. The molecule has 1 aromatic heterocycles. The topological polar surface area (TPSA) is 61.8 Å². The molecular weight excluding hydrogens is 457 g/mol. The molecule has 0 spiro atoms. The Balaban J connectivity index is 1.28. The minimum absolute atomic E-state index is 0.0388. The zero-order valence-corrected chi connectivity index (χ0v) is 20.3. The van der Waals surface area contributed by atoms with Gasteiger partial charge in [0, 0.05) is 44.7 Å². The highest BCUT2D eigenvalue weighted by Crippen LogP contribution is 2.31. The number of carbonyl (C=O) groups is 1. The van der Waals surface area contributed by atoms with Crippen LogP contribution in [0.1, 0.15) is 27.9 Å². The molecule has 8 heteroatoms. The normalized spacial score (nSPS) is 17.5. The fraction of sp³-hybridized carbons (Fsp3) is 0.393. The van der Waals surface area contributed by atoms with Gasteiger partial charge in [0.05, 0.1) is 31.9 Å². The maximum Gasteiger partial charge on any atom is 0.227 e. The smallest absolute Gasteiger partial charge is 0.227 e. The van der Waals surface area contributed by atoms with Gasteiger partial charge in [0.2, 0.25) is 11.9 Å². The number of fused-ring (bicyclic) bond motifs is 2. The molecular formula is C28H30FN5O2. The monoisotopic (exact) mass is 487 g/mol. The van der Waals surface area contributed by atoms with Crippen molar-refractivity contribution < 1.29 is 13.9 Å². The van der Waals surface area contributed by atoms with E-state index in [0.29, 0.717) is 32.7 Å². The van der Waals surface area contributed by atoms with E-state index in [1.165, 1.54) is 23.3 Å². The van der Waals surface area contributed by atoms with Crippen LogP contribution in [0.25, 0.3) is 0 Å². The van der Waals surface area contributed by atoms with Gasteiger partial charge in [-0.05, 0) is 35.2 Å². The van der Waals surface area contributed by atoms with Crippen LogP contribution < -0.4 is 9.80 Å². The van der Waals surface area contributed by atoms with Crippen LogP contribution in [-0.4, -0.2) is 60.2 Å². The molecule has 0 aliphatic carbocycles. The molecule has 0 N–H and O–H groups in total. The molecule has 3 aromatic rings. The van der Waals surface area contributed by atoms with Gasteiger partial charge in [0.25, 0.3) is 0 Å². The minimum Gasteiger partial charge on any atom is -0.378 e. The molecule has 1 saturated heterocycles. The molecule has 0 bridgehead atoms. The summed E-state index contributed by atoms with van der Waals surface area (Å²) in [6.07, 6.45) is 1.94. The van der Waals surface area contributed by atoms with E-state index in [4.69, 9.17) is 14.7 Å². The lowest BCUT2D eigenvalue weighted by Crippen LogP contribution is -2.42. The summed E-state index contributed by atoms with van der Waals surface area (Å²) >= 11 is 0. The summed E-state index contributed by atoms with van der Waals surface area (Å²) in [6.45, 7) is 5.68. The molecule has 7 nitrogen and oxygen atoms in total. The van der Waals surface area contributed by atoms with Gasteiger partial charge < -0.3 is 19.4 Å². The molecule has 0 saturated carbocycles. The van der Waals surface area contributed by atoms with E-state index in [2.05, 4.69) is 34.1 Å². The highest BCUT2D eigenvalue weighted by molar-refractivity contribution is 5.79. The highest BCUT2D eigenvalue weighted by atomic mass is 19.1. The van der Waals surface area contributed by atoms with Gasteiger partial charge in [-0.15, -0.1) is 0 Å². The number of anilines is 2. The lowest BCUT2D eigenvalue weighted by atomic mass is 10.00. The van der Waals surface area contributed by atoms with Crippen molar-refractivity contribution in [1.29, 1.82) is 0 Å². The second-order valence-corrected chi connectivity index (χ2v) is 9.68. The van der Waals surface area contributed by atoms with Gasteiger partial charge in [0.15, 0.2) is 0 Å². The molecule has 1 fully saturated rings. The number of hydrogen-bond donors (Lipinski definition) is 0. The molecule has 186 valence electrons. The Morgan fingerprint density at radius 3 is 2.44 bits per heavy atom. The van der Waals surface area contributed by atoms with E-state index in [1.807, 2.05) is 4.90 Å². The Morgan fingerprint density at radius 1 is 0.861 bits per heavy atom. The molecule has 4 heterocycles. The van der Waals surface area contributed by atoms with Crippen LogP contribution in [0.4, 0.5) is 16.2 Å². The average molecular weight is 488 g/mol. The van der Waals surface area contributed by atoms with E-state index >= 15 is 0 Å². The quantitative estimate of drug-likeness (QED) is 0.564. The molecule has 1 amide bonds. The van der Waals surface area contributed by atoms with E-state index in [9.17, 15) is 9.18 Å². The molecule has 0 unspecified atom stereocenters. The van der Waals surface area contributed by atoms with Crippen LogP contribution >= 0.6 is 0 Å². The summed E-state index contributed by atoms with van der Waals surface area (Å²) in [5, 5.41) is 0. The molecule has 2 aromatic carbocycles. The summed E-state index contributed by atoms with van der Waals surface area (Å²) in [5.74, 6) is 1.45. The van der Waals surface area contributed by atoms with Crippen molar-refractivity contribution in [3.8, 4) is 0 Å². The fourth-order valence-corrected chi connectivity index (χ4v) is 5.33. The first-order valence-corrected chi connectivity index (χ1v) is 12.7. The largest absolute Gasteiger partial charge is 0.378 e. The van der Waals surface area contributed by atoms with Crippen LogP contribution in [0.5, 0.6) is 0 Å². The van der Waals surface area contributed by atoms with Gasteiger partial charge >= 0.3 is 0 Å². The lowest BCUT2D eigenvalue weighted by molar-refractivity contribution is -0.131. The third kappa shape index (κ3) is 4.65. The number of ether oxygens (including phenoxy) is 1. The van der Waals surface area contributed by atoms with Crippen LogP contribution in [0.15, 0.2) is 48.5 Å². The number of hydrogen-bond acceptors (Lipinski definition) is 6. The Bertz CT molecular complexity index is 1260. The summed E-state index contributed by atoms with van der Waals surface area (Å²) in [7, 11) is 0. The molecule has 36 heavy (non-hydrogen) atoms. The number of aromatic nitrogens is 2. The van der Waals surface area contributed by atoms with Crippen molar-refractivity contribution in [3.05, 3.63) is 82.3 Å². The predicted molar refractivity (Wildman–Crippen MR) is 135 cm³/mol. The zero-order chi connectivity index (χ0) is 24.5. The van der Waals surface area contributed by atoms with Crippen molar-refractivity contribution in [2.24, 2.45) is 0 Å². The SMILES string of the molecule is O=C(Cc1ccc(F)cc1)N1CCc2nc(N3CCc4ccccc4C3)nc(N3CCOCC3)c2C1. The summed E-state index contributed by atoms with van der Waals surface area (Å²) < 4.78 is 18.9. The van der Waals surface area contributed by atoms with Crippen LogP contribution in [-0.2, 0) is 41.9 Å². The van der Waals surface area contributed by atoms with Crippen LogP contribution in [0, 0.1) is 5.82 Å². The van der Waals surface area contributed by atoms with Crippen LogP contribution in [0.2, 0.25) is 0 Å². The van der Waals surface area contributed by atoms with Crippen molar-refractivity contribution in [1.82, 2.24) is 14.9 Å². The second-order valence-electron chi connectivity index (χ2n) is 9.68. The number of benzene rings is 2. The number of carbonyl (C=O) groups excluding carboxylic acids is 1. The number of morpholine rings is 1. The van der Waals surface area contributed by atoms with E-state index in [-0.39, 0.29) is 18.1 Å². The third-order valence-electron chi connectivity index (χ3n) is 7.37. The standard InChI is InChI=1S/C28H30FN5O2/c29-23-7-5-20(6-8-23)17-26(35)33-12-10-25-24(19-33)27(32-13-15-36-16-14-32)31-28(30-25)34-11-9-21-3-1-2-4-22(21)18-34/h1-8H,9-19H2. The predicted octanol–water partition coefficient (Wildman–Crippen LogP) is 3.14. The Morgan fingerprint density at radius 2 is 1.64 bits per heavy atom. The number of nitrogens with zero attached hydrogens (tertiary/aromatic N) is 5. The van der Waals surface area contributed by atoms with Crippen molar-refractivity contribution >= 4 is 17.7 Å². The van der Waals surface area contributed by atoms with E-state index in [0.717, 1.165) is 61.2 Å². The van der Waals surface area contributed by atoms with Gasteiger partial charge in [-0.3, -0.25) is 4.79 Å². The first-order valence-electron chi connectivity index (χ1n) is 12.7. The highest BCUT2D eigenvalue weighted by Gasteiger charge is 2.30. The van der Waals surface area contributed by atoms with Crippen molar-refractivity contribution in [3.63, 3.8) is 0 Å². The summed E-state index contributed by atoms with van der Waals surface area (Å²) in [6, 6.07) is 14.7. The number of halogens is 1. The second kappa shape index (κ2) is 9.85. The van der Waals surface area contributed by atoms with E-state index < -0.39 is 0 Å². The molecule has 0 atom stereocenters. The average Bonchev–Trinajstić information content (AvgIpc) is 2.93. The first kappa shape index (κ1) is 22.9. The fourth-order valence-electron chi connectivity index (χ4n) is 5.33. The van der Waals surface area contributed by atoms with Gasteiger partial charge in [0.1, 0.15) is 11.6 Å². The van der Waals surface area contributed by atoms with Crippen molar-refractivity contribution in [2.45, 2.75) is 32.4 Å². The molecule has 6 rings (SSSR count). The maximum atomic E-state index is 13.3. The Hall–Kier alpha value is -3.52. The van der Waals surface area contributed by atoms with Gasteiger partial charge in [-0.2, -0.15) is 4.98 Å². The molecule has 3 aliphatic heterocycles. The van der Waals surface area contributed by atoms with Crippen molar-refractivity contribution in [2.75, 3.05) is 49.2 Å². The molecule has 0 radical (unpaired) electrons. The Labute approximate surface area is 210 Å². The Kier molecular flexibility index (Phi) is 6.27. The summed E-state index contributed by atoms with van der Waals surface area (Å²) in [4.78, 5) is 29.7. The lowest BCUT2D eigenvalue weighted by Gasteiger charge is -2.36. The summed E-state index contributed by atoms with van der Waals surface area (Å²) in [5.41, 5.74) is 5.62. The third-order valence-corrected chi connectivity index (χ3v) is 7.37. The first-order chi connectivity index (χ1) is 17.6. The minimum atomic E-state index is -0.293. The molecule has 3 aliphatic rings. The van der Waals surface area contributed by atoms with E-state index in [1.54, 1.807) is 12.1 Å². The van der Waals surface area contributed by atoms with Gasteiger partial charge in [-0.25, -0.2) is 9.37 Å². The number of amides is 1. The maximum absolute atomic E-state index is 13.3. The van der Waals surface area contributed by atoms with Gasteiger partial charge in [-0.1, -0.05) is 36.4 Å². The number of rotatable bonds is 4.